The maximum Gasteiger partial charge on any atom is 0.248 e. The Bertz CT molecular complexity index is 875. The summed E-state index contributed by atoms with van der Waals surface area (Å²) >= 11 is 0. The molecule has 6 nitrogen and oxygen atoms in total. The third kappa shape index (κ3) is 4.53. The highest BCUT2D eigenvalue weighted by Gasteiger charge is 2.51. The summed E-state index contributed by atoms with van der Waals surface area (Å²) in [6, 6.07) is 18.1. The molecule has 1 amide bonds. The van der Waals surface area contributed by atoms with Gasteiger partial charge in [-0.25, -0.2) is 4.79 Å². The predicted molar refractivity (Wildman–Crippen MR) is 114 cm³/mol. The number of carbonyl (C=O) groups excluding carboxylic acids is 2. The zero-order valence-electron chi connectivity index (χ0n) is 17.0. The first-order chi connectivity index (χ1) is 14.6. The molecule has 0 heterocycles. The van der Waals surface area contributed by atoms with Gasteiger partial charge in [-0.2, -0.15) is 5.06 Å². The van der Waals surface area contributed by atoms with Gasteiger partial charge in [-0.05, 0) is 24.0 Å². The number of hydroxylamine groups is 2. The summed E-state index contributed by atoms with van der Waals surface area (Å²) in [4.78, 5) is 31.1. The molecule has 1 aliphatic carbocycles. The van der Waals surface area contributed by atoms with Crippen molar-refractivity contribution in [2.24, 2.45) is 5.73 Å². The minimum absolute atomic E-state index is 0.0169. The first-order valence-corrected chi connectivity index (χ1v) is 10.3. The number of rotatable bonds is 9. The van der Waals surface area contributed by atoms with E-state index in [0.717, 1.165) is 37.7 Å². The normalized spacial score (nSPS) is 16.6. The standard InChI is InChI=1S/C24H28N2O4/c25-23(29)24(18-28,22(16-27)20-12-6-2-7-13-20)26(21-14-8-3-9-15-21)30-17-19-10-4-1-5-11-19/h1-2,4-7,10-13,21,28H,3,8-9,14-15,17-18H2,(H2,25,29)/t24-/m0/s1. The lowest BCUT2D eigenvalue weighted by molar-refractivity contribution is -0.247. The van der Waals surface area contributed by atoms with E-state index < -0.39 is 18.1 Å². The third-order valence-electron chi connectivity index (χ3n) is 5.71. The van der Waals surface area contributed by atoms with E-state index in [1.807, 2.05) is 42.3 Å². The largest absolute Gasteiger partial charge is 0.393 e. The van der Waals surface area contributed by atoms with Crippen molar-refractivity contribution in [3.05, 3.63) is 71.8 Å². The molecule has 3 N–H and O–H groups in total. The van der Waals surface area contributed by atoms with Crippen LogP contribution in [0.3, 0.4) is 0 Å². The molecule has 0 radical (unpaired) electrons. The van der Waals surface area contributed by atoms with Crippen molar-refractivity contribution in [3.63, 3.8) is 0 Å². The Labute approximate surface area is 176 Å². The summed E-state index contributed by atoms with van der Waals surface area (Å²) in [5.41, 5.74) is 5.39. The maximum absolute atomic E-state index is 12.9. The number of hydrogen-bond acceptors (Lipinski definition) is 5. The Morgan fingerprint density at radius 2 is 1.67 bits per heavy atom. The maximum atomic E-state index is 12.9. The van der Waals surface area contributed by atoms with Crippen LogP contribution in [0.4, 0.5) is 0 Å². The third-order valence-corrected chi connectivity index (χ3v) is 5.71. The van der Waals surface area contributed by atoms with Gasteiger partial charge in [0.25, 0.3) is 0 Å². The summed E-state index contributed by atoms with van der Waals surface area (Å²) < 4.78 is 0. The summed E-state index contributed by atoms with van der Waals surface area (Å²) in [5.74, 6) is 1.05. The van der Waals surface area contributed by atoms with Gasteiger partial charge in [0.05, 0.1) is 18.8 Å². The number of aliphatic hydroxyl groups excluding tert-OH is 1. The van der Waals surface area contributed by atoms with E-state index in [-0.39, 0.29) is 18.2 Å². The molecule has 0 unspecified atom stereocenters. The fourth-order valence-electron chi connectivity index (χ4n) is 4.12. The number of carbonyl (C=O) groups is 1. The van der Waals surface area contributed by atoms with Gasteiger partial charge in [0.1, 0.15) is 5.94 Å². The molecule has 3 rings (SSSR count). The highest BCUT2D eigenvalue weighted by molar-refractivity contribution is 6.07. The van der Waals surface area contributed by atoms with Crippen molar-refractivity contribution in [2.75, 3.05) is 6.61 Å². The van der Waals surface area contributed by atoms with Gasteiger partial charge in [0.2, 0.25) is 5.91 Å². The molecule has 158 valence electrons. The lowest BCUT2D eigenvalue weighted by atomic mass is 9.82. The van der Waals surface area contributed by atoms with Crippen LogP contribution in [0, 0.1) is 0 Å². The van der Waals surface area contributed by atoms with E-state index in [0.29, 0.717) is 5.56 Å². The molecule has 0 bridgehead atoms. The van der Waals surface area contributed by atoms with Crippen molar-refractivity contribution in [2.45, 2.75) is 50.3 Å². The minimum Gasteiger partial charge on any atom is -0.393 e. The van der Waals surface area contributed by atoms with Crippen molar-refractivity contribution in [3.8, 4) is 0 Å². The summed E-state index contributed by atoms with van der Waals surface area (Å²) in [5, 5.41) is 12.0. The van der Waals surface area contributed by atoms with Gasteiger partial charge in [0.15, 0.2) is 5.54 Å². The first-order valence-electron chi connectivity index (χ1n) is 10.3. The highest BCUT2D eigenvalue weighted by Crippen LogP contribution is 2.37. The summed E-state index contributed by atoms with van der Waals surface area (Å²) in [6.07, 6.45) is 4.61. The molecule has 0 saturated heterocycles. The van der Waals surface area contributed by atoms with Crippen molar-refractivity contribution < 1.29 is 19.5 Å². The molecule has 30 heavy (non-hydrogen) atoms. The van der Waals surface area contributed by atoms with Crippen molar-refractivity contribution >= 4 is 17.4 Å². The SMILES string of the molecule is NC(=O)[C@](CO)(C(=C=O)c1ccccc1)N(OCc1ccccc1)C1CCCCC1. The van der Waals surface area contributed by atoms with Crippen LogP contribution in [-0.2, 0) is 21.0 Å². The van der Waals surface area contributed by atoms with Gasteiger partial charge in [-0.1, -0.05) is 79.9 Å². The lowest BCUT2D eigenvalue weighted by Gasteiger charge is -2.45. The van der Waals surface area contributed by atoms with Crippen LogP contribution in [-0.4, -0.2) is 40.2 Å². The second-order valence-electron chi connectivity index (χ2n) is 7.60. The van der Waals surface area contributed by atoms with Crippen LogP contribution in [0.2, 0.25) is 0 Å². The quantitative estimate of drug-likeness (QED) is 0.492. The zero-order chi connectivity index (χ0) is 21.4. The van der Waals surface area contributed by atoms with Crippen LogP contribution in [0.15, 0.2) is 60.7 Å². The lowest BCUT2D eigenvalue weighted by Crippen LogP contribution is -2.63. The monoisotopic (exact) mass is 408 g/mol. The van der Waals surface area contributed by atoms with E-state index in [9.17, 15) is 14.7 Å². The molecule has 6 heteroatoms. The summed E-state index contributed by atoms with van der Waals surface area (Å²) in [7, 11) is 0. The number of primary amides is 1. The molecule has 0 aliphatic heterocycles. The molecule has 0 aromatic heterocycles. The number of hydrogen-bond donors (Lipinski definition) is 2. The Balaban J connectivity index is 2.06. The van der Waals surface area contributed by atoms with Crippen LogP contribution in [0.1, 0.15) is 43.2 Å². The Morgan fingerprint density at radius 1 is 1.07 bits per heavy atom. The number of amides is 1. The number of nitrogens with two attached hydrogens (primary N) is 1. The van der Waals surface area contributed by atoms with E-state index >= 15 is 0 Å². The van der Waals surface area contributed by atoms with Gasteiger partial charge < -0.3 is 10.8 Å². The van der Waals surface area contributed by atoms with E-state index in [2.05, 4.69) is 0 Å². The average molecular weight is 408 g/mol. The van der Waals surface area contributed by atoms with Gasteiger partial charge in [0, 0.05) is 6.04 Å². The van der Waals surface area contributed by atoms with E-state index in [1.165, 1.54) is 5.06 Å². The van der Waals surface area contributed by atoms with E-state index in [1.54, 1.807) is 24.3 Å². The predicted octanol–water partition coefficient (Wildman–Crippen LogP) is 2.88. The number of benzene rings is 2. The smallest absolute Gasteiger partial charge is 0.248 e. The van der Waals surface area contributed by atoms with Crippen LogP contribution >= 0.6 is 0 Å². The number of nitrogens with zero attached hydrogens (tertiary/aromatic N) is 1. The minimum atomic E-state index is -1.83. The Morgan fingerprint density at radius 3 is 2.20 bits per heavy atom. The molecule has 0 spiro atoms. The topological polar surface area (TPSA) is 92.9 Å². The molecule has 1 aliphatic rings. The van der Waals surface area contributed by atoms with Crippen molar-refractivity contribution in [1.29, 1.82) is 0 Å². The fourth-order valence-corrected chi connectivity index (χ4v) is 4.12. The fraction of sp³-hybridized carbons (Fsp3) is 0.375. The highest BCUT2D eigenvalue weighted by atomic mass is 16.7. The second kappa shape index (κ2) is 10.3. The number of aliphatic hydroxyl groups is 1. The molecule has 1 atom stereocenters. The molecular weight excluding hydrogens is 380 g/mol. The van der Waals surface area contributed by atoms with Gasteiger partial charge in [-0.3, -0.25) is 9.63 Å². The summed E-state index contributed by atoms with van der Waals surface area (Å²) in [6.45, 7) is -0.500. The Hall–Kier alpha value is -2.76. The van der Waals surface area contributed by atoms with Crippen LogP contribution < -0.4 is 5.73 Å². The van der Waals surface area contributed by atoms with Gasteiger partial charge in [-0.15, -0.1) is 0 Å². The van der Waals surface area contributed by atoms with Crippen molar-refractivity contribution in [1.82, 2.24) is 5.06 Å². The van der Waals surface area contributed by atoms with Crippen LogP contribution in [0.25, 0.3) is 5.57 Å². The van der Waals surface area contributed by atoms with E-state index in [4.69, 9.17) is 10.6 Å². The van der Waals surface area contributed by atoms with Crippen LogP contribution in [0.5, 0.6) is 0 Å². The molecule has 2 aromatic carbocycles. The first kappa shape index (κ1) is 21.9. The van der Waals surface area contributed by atoms with Gasteiger partial charge >= 0.3 is 0 Å². The molecule has 1 fully saturated rings. The molecular formula is C24H28N2O4. The zero-order valence-corrected chi connectivity index (χ0v) is 17.0. The second-order valence-corrected chi connectivity index (χ2v) is 7.60. The molecule has 2 aromatic rings. The average Bonchev–Trinajstić information content (AvgIpc) is 2.80. The molecule has 1 saturated carbocycles. The Kier molecular flexibility index (Phi) is 7.55.